The molecule has 2 bridgehead atoms. The predicted molar refractivity (Wildman–Crippen MR) is 82.0 cm³/mol. The fourth-order valence-corrected chi connectivity index (χ4v) is 5.10. The van der Waals surface area contributed by atoms with E-state index in [1.807, 2.05) is 0 Å². The van der Waals surface area contributed by atoms with Crippen LogP contribution in [0.3, 0.4) is 0 Å². The van der Waals surface area contributed by atoms with Crippen LogP contribution in [-0.2, 0) is 0 Å². The Kier molecular flexibility index (Phi) is 3.31. The summed E-state index contributed by atoms with van der Waals surface area (Å²) in [4.78, 5) is 0. The van der Waals surface area contributed by atoms with Gasteiger partial charge in [0, 0.05) is 6.04 Å². The van der Waals surface area contributed by atoms with Crippen molar-refractivity contribution >= 4 is 0 Å². The molecule has 0 spiro atoms. The lowest BCUT2D eigenvalue weighted by atomic mass is 9.83. The van der Waals surface area contributed by atoms with E-state index in [1.165, 1.54) is 44.1 Å². The van der Waals surface area contributed by atoms with Gasteiger partial charge in [-0.3, -0.25) is 11.3 Å². The van der Waals surface area contributed by atoms with Gasteiger partial charge in [0.1, 0.15) is 0 Å². The van der Waals surface area contributed by atoms with Gasteiger partial charge in [-0.2, -0.15) is 0 Å². The van der Waals surface area contributed by atoms with Crippen LogP contribution in [0.15, 0.2) is 30.3 Å². The molecule has 3 aliphatic carbocycles. The Labute approximate surface area is 122 Å². The van der Waals surface area contributed by atoms with Crippen molar-refractivity contribution in [3.63, 3.8) is 0 Å². The van der Waals surface area contributed by atoms with Gasteiger partial charge >= 0.3 is 0 Å². The van der Waals surface area contributed by atoms with Gasteiger partial charge in [0.15, 0.2) is 0 Å². The Morgan fingerprint density at radius 1 is 1.10 bits per heavy atom. The van der Waals surface area contributed by atoms with Gasteiger partial charge in [-0.1, -0.05) is 36.8 Å². The van der Waals surface area contributed by atoms with E-state index in [2.05, 4.69) is 35.8 Å². The van der Waals surface area contributed by atoms with Crippen LogP contribution >= 0.6 is 0 Å². The molecule has 3 fully saturated rings. The highest BCUT2D eigenvalue weighted by Crippen LogP contribution is 2.54. The predicted octanol–water partition coefficient (Wildman–Crippen LogP) is 3.45. The van der Waals surface area contributed by atoms with Crippen molar-refractivity contribution in [2.24, 2.45) is 29.5 Å². The normalized spacial score (nSPS) is 40.0. The molecule has 0 radical (unpaired) electrons. The Morgan fingerprint density at radius 2 is 1.95 bits per heavy atom. The van der Waals surface area contributed by atoms with E-state index < -0.39 is 0 Å². The summed E-state index contributed by atoms with van der Waals surface area (Å²) in [6, 6.07) is 11.5. The van der Waals surface area contributed by atoms with Crippen molar-refractivity contribution in [1.29, 1.82) is 0 Å². The quantitative estimate of drug-likeness (QED) is 0.635. The lowest BCUT2D eigenvalue weighted by Crippen LogP contribution is -2.39. The second kappa shape index (κ2) is 5.16. The van der Waals surface area contributed by atoms with Crippen molar-refractivity contribution in [2.75, 3.05) is 0 Å². The molecule has 0 saturated heterocycles. The highest BCUT2D eigenvalue weighted by Gasteiger charge is 2.46. The lowest BCUT2D eigenvalue weighted by molar-refractivity contribution is 0.265. The Morgan fingerprint density at radius 3 is 2.60 bits per heavy atom. The van der Waals surface area contributed by atoms with Gasteiger partial charge in [0.25, 0.3) is 0 Å². The molecule has 3 saturated carbocycles. The first kappa shape index (κ1) is 12.8. The molecule has 108 valence electrons. The Balaban J connectivity index is 1.38. The van der Waals surface area contributed by atoms with E-state index in [9.17, 15) is 0 Å². The molecular formula is C18H26N2. The zero-order valence-corrected chi connectivity index (χ0v) is 12.2. The second-order valence-electron chi connectivity index (χ2n) is 7.36. The summed E-state index contributed by atoms with van der Waals surface area (Å²) in [5.74, 6) is 10.4. The molecule has 1 aromatic carbocycles. The number of rotatable bonds is 5. The van der Waals surface area contributed by atoms with Gasteiger partial charge in [-0.15, -0.1) is 0 Å². The summed E-state index contributed by atoms with van der Waals surface area (Å²) in [6.45, 7) is 0. The highest BCUT2D eigenvalue weighted by atomic mass is 15.2. The van der Waals surface area contributed by atoms with Crippen molar-refractivity contribution in [2.45, 2.75) is 50.5 Å². The minimum atomic E-state index is 0.532. The maximum Gasteiger partial charge on any atom is 0.0247 e. The molecular weight excluding hydrogens is 244 g/mol. The average Bonchev–Trinajstić information content (AvgIpc) is 3.01. The van der Waals surface area contributed by atoms with E-state index in [0.29, 0.717) is 6.04 Å². The Bertz CT molecular complexity index is 458. The molecule has 4 rings (SSSR count). The average molecular weight is 270 g/mol. The number of nitrogens with one attached hydrogen (secondary N) is 1. The molecule has 0 aliphatic heterocycles. The molecule has 1 aromatic rings. The first-order valence-electron chi connectivity index (χ1n) is 8.36. The van der Waals surface area contributed by atoms with Gasteiger partial charge < -0.3 is 0 Å². The van der Waals surface area contributed by atoms with Gasteiger partial charge in [-0.05, 0) is 67.3 Å². The standard InChI is InChI=1S/C18H26N2/c19-20-18(10-15-9-12-6-7-14(15)8-12)17-11-16(17)13-4-2-1-3-5-13/h1-5,12,14-18,20H,6-11,19H2. The molecule has 0 heterocycles. The summed E-state index contributed by atoms with van der Waals surface area (Å²) < 4.78 is 0. The van der Waals surface area contributed by atoms with Crippen molar-refractivity contribution in [3.8, 4) is 0 Å². The fraction of sp³-hybridized carbons (Fsp3) is 0.667. The van der Waals surface area contributed by atoms with Gasteiger partial charge in [0.2, 0.25) is 0 Å². The molecule has 2 heteroatoms. The van der Waals surface area contributed by atoms with E-state index in [1.54, 1.807) is 0 Å². The SMILES string of the molecule is NNC(CC1CC2CCC1C2)C1CC1c1ccccc1. The van der Waals surface area contributed by atoms with Crippen molar-refractivity contribution in [1.82, 2.24) is 5.43 Å². The smallest absolute Gasteiger partial charge is 0.0247 e. The first-order valence-corrected chi connectivity index (χ1v) is 8.36. The van der Waals surface area contributed by atoms with Crippen LogP contribution in [0.25, 0.3) is 0 Å². The summed E-state index contributed by atoms with van der Waals surface area (Å²) in [6.07, 6.45) is 8.60. The van der Waals surface area contributed by atoms with E-state index in [4.69, 9.17) is 5.84 Å². The minimum Gasteiger partial charge on any atom is -0.271 e. The third-order valence-corrected chi connectivity index (χ3v) is 6.24. The van der Waals surface area contributed by atoms with Crippen LogP contribution in [0.1, 0.15) is 50.0 Å². The summed E-state index contributed by atoms with van der Waals surface area (Å²) in [7, 11) is 0. The van der Waals surface area contributed by atoms with Crippen LogP contribution in [0.4, 0.5) is 0 Å². The molecule has 0 aromatic heterocycles. The molecule has 2 nitrogen and oxygen atoms in total. The number of nitrogens with two attached hydrogens (primary N) is 1. The highest BCUT2D eigenvalue weighted by molar-refractivity contribution is 5.26. The summed E-state index contributed by atoms with van der Waals surface area (Å²) >= 11 is 0. The maximum absolute atomic E-state index is 5.88. The molecule has 6 atom stereocenters. The van der Waals surface area contributed by atoms with Gasteiger partial charge in [0.05, 0.1) is 0 Å². The van der Waals surface area contributed by atoms with Crippen LogP contribution < -0.4 is 11.3 Å². The second-order valence-corrected chi connectivity index (χ2v) is 7.36. The maximum atomic E-state index is 5.88. The third-order valence-electron chi connectivity index (χ3n) is 6.24. The molecule has 20 heavy (non-hydrogen) atoms. The summed E-state index contributed by atoms with van der Waals surface area (Å²) in [5, 5.41) is 0. The van der Waals surface area contributed by atoms with Crippen LogP contribution in [0.5, 0.6) is 0 Å². The zero-order chi connectivity index (χ0) is 13.5. The van der Waals surface area contributed by atoms with E-state index in [-0.39, 0.29) is 0 Å². The third kappa shape index (κ3) is 2.29. The molecule has 0 amide bonds. The molecule has 3 aliphatic rings. The van der Waals surface area contributed by atoms with Crippen LogP contribution in [-0.4, -0.2) is 6.04 Å². The molecule has 6 unspecified atom stereocenters. The summed E-state index contributed by atoms with van der Waals surface area (Å²) in [5.41, 5.74) is 4.66. The van der Waals surface area contributed by atoms with Crippen LogP contribution in [0.2, 0.25) is 0 Å². The number of hydrogen-bond acceptors (Lipinski definition) is 2. The van der Waals surface area contributed by atoms with E-state index in [0.717, 1.165) is 29.6 Å². The van der Waals surface area contributed by atoms with Gasteiger partial charge in [-0.25, -0.2) is 0 Å². The lowest BCUT2D eigenvalue weighted by Gasteiger charge is -2.26. The largest absolute Gasteiger partial charge is 0.271 e. The Hall–Kier alpha value is -0.860. The number of hydrazine groups is 1. The monoisotopic (exact) mass is 270 g/mol. The zero-order valence-electron chi connectivity index (χ0n) is 12.2. The van der Waals surface area contributed by atoms with Crippen molar-refractivity contribution < 1.29 is 0 Å². The topological polar surface area (TPSA) is 38.0 Å². The minimum absolute atomic E-state index is 0.532. The fourth-order valence-electron chi connectivity index (χ4n) is 5.10. The number of fused-ring (bicyclic) bond motifs is 2. The van der Waals surface area contributed by atoms with Crippen LogP contribution in [0, 0.1) is 23.7 Å². The van der Waals surface area contributed by atoms with Crippen molar-refractivity contribution in [3.05, 3.63) is 35.9 Å². The first-order chi connectivity index (χ1) is 9.85. The molecule has 3 N–H and O–H groups in total. The number of hydrogen-bond donors (Lipinski definition) is 2. The van der Waals surface area contributed by atoms with E-state index >= 15 is 0 Å². The number of benzene rings is 1.